The van der Waals surface area contributed by atoms with Gasteiger partial charge >= 0.3 is 39.5 Å². The number of esters is 4. The van der Waals surface area contributed by atoms with Gasteiger partial charge in [0.15, 0.2) is 12.2 Å². The fraction of sp³-hybridized carbons (Fsp3) is 0.943. The lowest BCUT2D eigenvalue weighted by Crippen LogP contribution is -2.30. The first-order chi connectivity index (χ1) is 42.9. The maximum absolute atomic E-state index is 13.0. The summed E-state index contributed by atoms with van der Waals surface area (Å²) < 4.78 is 68.2. The van der Waals surface area contributed by atoms with E-state index in [-0.39, 0.29) is 25.7 Å². The molecule has 0 aromatic carbocycles. The van der Waals surface area contributed by atoms with E-state index >= 15 is 0 Å². The zero-order valence-corrected chi connectivity index (χ0v) is 59.5. The van der Waals surface area contributed by atoms with E-state index in [0.717, 1.165) is 108 Å². The fourth-order valence-electron chi connectivity index (χ4n) is 10.6. The Hall–Kier alpha value is -1.94. The number of phosphoric acid groups is 2. The minimum atomic E-state index is -4.95. The van der Waals surface area contributed by atoms with Crippen molar-refractivity contribution < 1.29 is 80.2 Å². The molecule has 0 aliphatic heterocycles. The molecular weight excluding hydrogens is 1170 g/mol. The van der Waals surface area contributed by atoms with Gasteiger partial charge in [0.25, 0.3) is 0 Å². The number of unbranched alkanes of at least 4 members (excludes halogenated alkanes) is 38. The number of phosphoric ester groups is 2. The Kier molecular flexibility index (Phi) is 60.8. The molecule has 19 heteroatoms. The summed E-state index contributed by atoms with van der Waals surface area (Å²) >= 11 is 0. The molecule has 0 radical (unpaired) electrons. The van der Waals surface area contributed by atoms with Gasteiger partial charge in [-0.25, -0.2) is 9.13 Å². The Balaban J connectivity index is 5.21. The van der Waals surface area contributed by atoms with Crippen molar-refractivity contribution in [2.45, 2.75) is 374 Å². The summed E-state index contributed by atoms with van der Waals surface area (Å²) in [4.78, 5) is 72.4. The molecular formula is C70H136O17P2. The van der Waals surface area contributed by atoms with Crippen LogP contribution in [0, 0.1) is 11.8 Å². The molecule has 0 saturated carbocycles. The molecule has 0 fully saturated rings. The van der Waals surface area contributed by atoms with Gasteiger partial charge in [0.1, 0.15) is 19.3 Å². The average Bonchev–Trinajstić information content (AvgIpc) is 3.72. The highest BCUT2D eigenvalue weighted by Crippen LogP contribution is 2.45. The zero-order valence-electron chi connectivity index (χ0n) is 57.7. The summed E-state index contributed by atoms with van der Waals surface area (Å²) in [6.07, 6.45) is 47.3. The second kappa shape index (κ2) is 62.2. The van der Waals surface area contributed by atoms with Gasteiger partial charge in [-0.15, -0.1) is 0 Å². The van der Waals surface area contributed by atoms with E-state index in [1.807, 2.05) is 0 Å². The number of hydrogen-bond acceptors (Lipinski definition) is 15. The molecule has 0 spiro atoms. The second-order valence-electron chi connectivity index (χ2n) is 26.0. The van der Waals surface area contributed by atoms with Crippen LogP contribution in [0.15, 0.2) is 0 Å². The van der Waals surface area contributed by atoms with Crippen LogP contribution in [-0.2, 0) is 65.4 Å². The van der Waals surface area contributed by atoms with E-state index in [1.54, 1.807) is 0 Å². The van der Waals surface area contributed by atoms with Crippen LogP contribution < -0.4 is 0 Å². The van der Waals surface area contributed by atoms with Crippen molar-refractivity contribution in [3.05, 3.63) is 0 Å². The van der Waals surface area contributed by atoms with Gasteiger partial charge in [-0.05, 0) is 37.5 Å². The normalized spacial score (nSPS) is 14.4. The second-order valence-corrected chi connectivity index (χ2v) is 28.9. The van der Waals surface area contributed by atoms with Crippen LogP contribution in [0.1, 0.15) is 356 Å². The van der Waals surface area contributed by atoms with Crippen molar-refractivity contribution in [3.8, 4) is 0 Å². The molecule has 0 aromatic rings. The predicted octanol–water partition coefficient (Wildman–Crippen LogP) is 20.0. The molecule has 89 heavy (non-hydrogen) atoms. The Bertz CT molecular complexity index is 1740. The highest BCUT2D eigenvalue weighted by atomic mass is 31.2. The van der Waals surface area contributed by atoms with Crippen molar-refractivity contribution in [2.75, 3.05) is 39.6 Å². The quantitative estimate of drug-likeness (QED) is 0.0222. The maximum atomic E-state index is 13.0. The van der Waals surface area contributed by atoms with Crippen molar-refractivity contribution in [3.63, 3.8) is 0 Å². The Morgan fingerprint density at radius 3 is 0.854 bits per heavy atom. The summed E-state index contributed by atoms with van der Waals surface area (Å²) in [7, 11) is -9.90. The smallest absolute Gasteiger partial charge is 0.462 e. The molecule has 3 unspecified atom stereocenters. The number of aliphatic hydroxyl groups is 1. The highest BCUT2D eigenvalue weighted by molar-refractivity contribution is 7.47. The number of hydrogen-bond donors (Lipinski definition) is 3. The van der Waals surface area contributed by atoms with Gasteiger partial charge in [-0.3, -0.25) is 37.3 Å². The van der Waals surface area contributed by atoms with E-state index in [4.69, 9.17) is 37.0 Å². The van der Waals surface area contributed by atoms with Crippen molar-refractivity contribution in [2.24, 2.45) is 11.8 Å². The van der Waals surface area contributed by atoms with Crippen LogP contribution in [-0.4, -0.2) is 96.7 Å². The molecule has 0 aromatic heterocycles. The molecule has 0 bridgehead atoms. The Morgan fingerprint density at radius 2 is 0.573 bits per heavy atom. The summed E-state index contributed by atoms with van der Waals surface area (Å²) in [5.41, 5.74) is 0. The average molecular weight is 1310 g/mol. The molecule has 0 heterocycles. The standard InChI is InChI=1S/C70H136O17P2/c1-7-10-12-14-16-18-19-23-27-30-34-41-47-53-68(73)81-58-65(86-69(74)54-48-42-35-31-28-25-22-20-21-24-26-29-32-38-44-50-62(4)5)60-84-88(76,77)82-56-64(71)57-83-89(78,79)85-61-66(59-80-67(72)52-46-40-33-17-15-13-11-8-2)87-70(75)55-49-43-37-36-39-45-51-63(6)9-3/h62-66,71H,7-61H2,1-6H3,(H,76,77)(H,78,79)/t63?,64-,65-,66-/m1/s1. The van der Waals surface area contributed by atoms with Gasteiger partial charge in [-0.1, -0.05) is 305 Å². The summed E-state index contributed by atoms with van der Waals surface area (Å²) in [6, 6.07) is 0. The van der Waals surface area contributed by atoms with Crippen LogP contribution in [0.4, 0.5) is 0 Å². The van der Waals surface area contributed by atoms with Gasteiger partial charge in [0.2, 0.25) is 0 Å². The van der Waals surface area contributed by atoms with Gasteiger partial charge in [0, 0.05) is 25.7 Å². The van der Waals surface area contributed by atoms with E-state index in [2.05, 4.69) is 41.5 Å². The zero-order chi connectivity index (χ0) is 65.7. The van der Waals surface area contributed by atoms with E-state index in [1.165, 1.54) is 167 Å². The van der Waals surface area contributed by atoms with Gasteiger partial charge in [-0.2, -0.15) is 0 Å². The van der Waals surface area contributed by atoms with Crippen molar-refractivity contribution in [1.82, 2.24) is 0 Å². The number of carbonyl (C=O) groups is 4. The third-order valence-electron chi connectivity index (χ3n) is 16.6. The third-order valence-corrected chi connectivity index (χ3v) is 18.5. The van der Waals surface area contributed by atoms with E-state index < -0.39 is 97.5 Å². The molecule has 6 atom stereocenters. The molecule has 0 amide bonds. The van der Waals surface area contributed by atoms with Crippen molar-refractivity contribution in [1.29, 1.82) is 0 Å². The topological polar surface area (TPSA) is 237 Å². The lowest BCUT2D eigenvalue weighted by Gasteiger charge is -2.21. The molecule has 0 aliphatic carbocycles. The number of rotatable bonds is 69. The van der Waals surface area contributed by atoms with Crippen LogP contribution >= 0.6 is 15.6 Å². The number of ether oxygens (including phenoxy) is 4. The number of aliphatic hydroxyl groups excluding tert-OH is 1. The van der Waals surface area contributed by atoms with Crippen molar-refractivity contribution >= 4 is 39.5 Å². The molecule has 17 nitrogen and oxygen atoms in total. The highest BCUT2D eigenvalue weighted by Gasteiger charge is 2.30. The molecule has 528 valence electrons. The fourth-order valence-corrected chi connectivity index (χ4v) is 12.1. The summed E-state index contributed by atoms with van der Waals surface area (Å²) in [5.74, 6) is -0.605. The predicted molar refractivity (Wildman–Crippen MR) is 358 cm³/mol. The molecule has 0 rings (SSSR count). The maximum Gasteiger partial charge on any atom is 0.472 e. The van der Waals surface area contributed by atoms with Crippen LogP contribution in [0.2, 0.25) is 0 Å². The van der Waals surface area contributed by atoms with E-state index in [9.17, 15) is 43.2 Å². The van der Waals surface area contributed by atoms with Crippen LogP contribution in [0.5, 0.6) is 0 Å². The molecule has 0 aliphatic rings. The Morgan fingerprint density at radius 1 is 0.326 bits per heavy atom. The SMILES string of the molecule is CCCCCCCCCCCCCCCC(=O)OC[C@H](COP(=O)(O)OC[C@@H](O)COP(=O)(O)OC[C@@H](COC(=O)CCCCCCCCCC)OC(=O)CCCCCCCCC(C)CC)OC(=O)CCCCCCCCCCCCCCCCCC(C)C. The largest absolute Gasteiger partial charge is 0.472 e. The molecule has 3 N–H and O–H groups in total. The first-order valence-electron chi connectivity index (χ1n) is 36.5. The lowest BCUT2D eigenvalue weighted by atomic mass is 10.00. The van der Waals surface area contributed by atoms with Crippen LogP contribution in [0.3, 0.4) is 0 Å². The molecule has 0 saturated heterocycles. The van der Waals surface area contributed by atoms with Gasteiger partial charge in [0.05, 0.1) is 26.4 Å². The van der Waals surface area contributed by atoms with Crippen LogP contribution in [0.25, 0.3) is 0 Å². The van der Waals surface area contributed by atoms with Gasteiger partial charge < -0.3 is 33.8 Å². The minimum absolute atomic E-state index is 0.103. The minimum Gasteiger partial charge on any atom is -0.462 e. The first kappa shape index (κ1) is 87.1. The lowest BCUT2D eigenvalue weighted by molar-refractivity contribution is -0.161. The Labute approximate surface area is 543 Å². The first-order valence-corrected chi connectivity index (χ1v) is 39.5. The van der Waals surface area contributed by atoms with E-state index in [0.29, 0.717) is 25.7 Å². The third kappa shape index (κ3) is 63.2. The summed E-state index contributed by atoms with van der Waals surface area (Å²) in [6.45, 7) is 9.50. The number of carbonyl (C=O) groups excluding carboxylic acids is 4. The monoisotopic (exact) mass is 1310 g/mol. The summed E-state index contributed by atoms with van der Waals surface area (Å²) in [5, 5.41) is 10.6.